The second-order valence-electron chi connectivity index (χ2n) is 7.08. The first-order valence-electron chi connectivity index (χ1n) is 9.32. The third kappa shape index (κ3) is 4.19. The van der Waals surface area contributed by atoms with Crippen LogP contribution in [0.25, 0.3) is 11.3 Å². The zero-order valence-electron chi connectivity index (χ0n) is 15.9. The summed E-state index contributed by atoms with van der Waals surface area (Å²) < 4.78 is 5.83. The highest BCUT2D eigenvalue weighted by Crippen LogP contribution is 2.32. The van der Waals surface area contributed by atoms with E-state index in [4.69, 9.17) is 16.0 Å². The molecule has 1 saturated heterocycles. The van der Waals surface area contributed by atoms with Crippen LogP contribution in [0.2, 0.25) is 5.02 Å². The zero-order chi connectivity index (χ0) is 19.6. The van der Waals surface area contributed by atoms with Gasteiger partial charge in [0.2, 0.25) is 5.91 Å². The summed E-state index contributed by atoms with van der Waals surface area (Å²) in [5, 5.41) is 3.61. The van der Waals surface area contributed by atoms with Crippen LogP contribution in [0, 0.1) is 12.8 Å². The molecule has 144 valence electrons. The van der Waals surface area contributed by atoms with Gasteiger partial charge in [-0.05, 0) is 43.9 Å². The van der Waals surface area contributed by atoms with E-state index in [0.29, 0.717) is 35.2 Å². The second-order valence-corrected chi connectivity index (χ2v) is 7.48. The monoisotopic (exact) mass is 388 g/mol. The maximum absolute atomic E-state index is 13.1. The van der Waals surface area contributed by atoms with E-state index < -0.39 is 0 Å². The molecule has 0 aliphatic carbocycles. The normalized spacial score (nSPS) is 19.8. The number of aryl methyl sites for hydroxylation is 1. The second kappa shape index (κ2) is 8.17. The Labute approximate surface area is 164 Å². The summed E-state index contributed by atoms with van der Waals surface area (Å²) in [5.74, 6) is 1.39. The smallest absolute Gasteiger partial charge is 0.257 e. The van der Waals surface area contributed by atoms with Gasteiger partial charge in [-0.1, -0.05) is 30.7 Å². The number of benzene rings is 1. The van der Waals surface area contributed by atoms with E-state index in [1.54, 1.807) is 19.1 Å². The molecule has 0 unspecified atom stereocenters. The van der Waals surface area contributed by atoms with Gasteiger partial charge in [0.15, 0.2) is 0 Å². The first kappa shape index (κ1) is 19.5. The molecule has 1 fully saturated rings. The average molecular weight is 389 g/mol. The molecule has 0 bridgehead atoms. The van der Waals surface area contributed by atoms with Crippen LogP contribution in [0.4, 0.5) is 0 Å². The molecule has 0 radical (unpaired) electrons. The highest BCUT2D eigenvalue weighted by molar-refractivity contribution is 6.33. The number of amides is 2. The standard InChI is InChI=1S/C21H25ClN2O3/c1-4-15-12-24(10-9-19(15)23-14(3)25)21(26)17-11-20(27-13(17)2)16-7-5-6-8-18(16)22/h5-8,11,15,19H,4,9-10,12H2,1-3H3,(H,23,25)/t15-,19+/m1/s1. The number of hydrogen-bond acceptors (Lipinski definition) is 3. The number of piperidine rings is 1. The molecular formula is C21H25ClN2O3. The van der Waals surface area contributed by atoms with Crippen molar-refractivity contribution in [3.63, 3.8) is 0 Å². The molecule has 1 aromatic carbocycles. The van der Waals surface area contributed by atoms with Gasteiger partial charge in [-0.3, -0.25) is 9.59 Å². The molecule has 0 saturated carbocycles. The van der Waals surface area contributed by atoms with Gasteiger partial charge in [0, 0.05) is 31.6 Å². The molecule has 1 aromatic heterocycles. The highest BCUT2D eigenvalue weighted by atomic mass is 35.5. The predicted molar refractivity (Wildman–Crippen MR) is 106 cm³/mol. The SMILES string of the molecule is CC[C@@H]1CN(C(=O)c2cc(-c3ccccc3Cl)oc2C)CC[C@@H]1NC(C)=O. The van der Waals surface area contributed by atoms with Gasteiger partial charge in [0.25, 0.3) is 5.91 Å². The van der Waals surface area contributed by atoms with Crippen molar-refractivity contribution in [3.05, 3.63) is 46.7 Å². The summed E-state index contributed by atoms with van der Waals surface area (Å²) in [6.45, 7) is 6.68. The average Bonchev–Trinajstić information content (AvgIpc) is 3.02. The molecule has 2 amide bonds. The zero-order valence-corrected chi connectivity index (χ0v) is 16.7. The van der Waals surface area contributed by atoms with Crippen LogP contribution in [0.3, 0.4) is 0 Å². The van der Waals surface area contributed by atoms with Gasteiger partial charge >= 0.3 is 0 Å². The molecule has 1 N–H and O–H groups in total. The Balaban J connectivity index is 1.79. The molecule has 2 heterocycles. The van der Waals surface area contributed by atoms with E-state index in [-0.39, 0.29) is 23.8 Å². The molecule has 6 heteroatoms. The van der Waals surface area contributed by atoms with E-state index in [1.807, 2.05) is 23.1 Å². The summed E-state index contributed by atoms with van der Waals surface area (Å²) in [7, 11) is 0. The minimum absolute atomic E-state index is 0.0201. The third-order valence-electron chi connectivity index (χ3n) is 5.22. The fraction of sp³-hybridized carbons (Fsp3) is 0.429. The lowest BCUT2D eigenvalue weighted by Gasteiger charge is -2.38. The number of rotatable bonds is 4. The lowest BCUT2D eigenvalue weighted by atomic mass is 9.89. The van der Waals surface area contributed by atoms with Crippen LogP contribution in [0.1, 0.15) is 42.8 Å². The number of carbonyl (C=O) groups is 2. The van der Waals surface area contributed by atoms with E-state index in [2.05, 4.69) is 12.2 Å². The van der Waals surface area contributed by atoms with Crippen molar-refractivity contribution in [1.29, 1.82) is 0 Å². The summed E-state index contributed by atoms with van der Waals surface area (Å²) in [6, 6.07) is 9.33. The topological polar surface area (TPSA) is 62.6 Å². The van der Waals surface area contributed by atoms with Crippen molar-refractivity contribution in [1.82, 2.24) is 10.2 Å². The number of hydrogen-bond donors (Lipinski definition) is 1. The lowest BCUT2D eigenvalue weighted by Crippen LogP contribution is -2.51. The Bertz CT molecular complexity index is 846. The van der Waals surface area contributed by atoms with Crippen molar-refractivity contribution < 1.29 is 14.0 Å². The van der Waals surface area contributed by atoms with Crippen molar-refractivity contribution in [3.8, 4) is 11.3 Å². The molecule has 27 heavy (non-hydrogen) atoms. The molecule has 3 rings (SSSR count). The van der Waals surface area contributed by atoms with Gasteiger partial charge in [0.1, 0.15) is 11.5 Å². The van der Waals surface area contributed by atoms with Crippen molar-refractivity contribution in [2.24, 2.45) is 5.92 Å². The Morgan fingerprint density at radius 3 is 2.74 bits per heavy atom. The fourth-order valence-corrected chi connectivity index (χ4v) is 3.97. The summed E-state index contributed by atoms with van der Waals surface area (Å²) in [6.07, 6.45) is 1.67. The molecule has 1 aliphatic rings. The lowest BCUT2D eigenvalue weighted by molar-refractivity contribution is -0.120. The summed E-state index contributed by atoms with van der Waals surface area (Å²) >= 11 is 6.25. The number of nitrogens with one attached hydrogen (secondary N) is 1. The number of furan rings is 1. The highest BCUT2D eigenvalue weighted by Gasteiger charge is 2.32. The van der Waals surface area contributed by atoms with Crippen molar-refractivity contribution in [2.75, 3.05) is 13.1 Å². The van der Waals surface area contributed by atoms with Gasteiger partial charge in [-0.2, -0.15) is 0 Å². The van der Waals surface area contributed by atoms with Gasteiger partial charge in [-0.25, -0.2) is 0 Å². The van der Waals surface area contributed by atoms with Crippen LogP contribution >= 0.6 is 11.6 Å². The number of nitrogens with zero attached hydrogens (tertiary/aromatic N) is 1. The molecule has 1 aliphatic heterocycles. The van der Waals surface area contributed by atoms with E-state index in [1.165, 1.54) is 6.92 Å². The first-order valence-corrected chi connectivity index (χ1v) is 9.70. The molecule has 5 nitrogen and oxygen atoms in total. The minimum Gasteiger partial charge on any atom is -0.460 e. The van der Waals surface area contributed by atoms with Crippen molar-refractivity contribution in [2.45, 2.75) is 39.7 Å². The minimum atomic E-state index is -0.0331. The molecular weight excluding hydrogens is 364 g/mol. The summed E-state index contributed by atoms with van der Waals surface area (Å²) in [5.41, 5.74) is 1.34. The van der Waals surface area contributed by atoms with Crippen LogP contribution in [0.5, 0.6) is 0 Å². The predicted octanol–water partition coefficient (Wildman–Crippen LogP) is 4.29. The maximum Gasteiger partial charge on any atom is 0.257 e. The quantitative estimate of drug-likeness (QED) is 0.849. The van der Waals surface area contributed by atoms with Gasteiger partial charge < -0.3 is 14.6 Å². The molecule has 2 atom stereocenters. The third-order valence-corrected chi connectivity index (χ3v) is 5.55. The number of carbonyl (C=O) groups excluding carboxylic acids is 2. The van der Waals surface area contributed by atoms with Crippen LogP contribution in [-0.4, -0.2) is 35.8 Å². The molecule has 0 spiro atoms. The number of likely N-dealkylation sites (tertiary alicyclic amines) is 1. The largest absolute Gasteiger partial charge is 0.460 e. The van der Waals surface area contributed by atoms with E-state index in [9.17, 15) is 9.59 Å². The van der Waals surface area contributed by atoms with E-state index in [0.717, 1.165) is 18.4 Å². The Kier molecular flexibility index (Phi) is 5.90. The maximum atomic E-state index is 13.1. The first-order chi connectivity index (χ1) is 12.9. The van der Waals surface area contributed by atoms with Crippen LogP contribution in [0.15, 0.2) is 34.7 Å². The Morgan fingerprint density at radius 1 is 1.33 bits per heavy atom. The summed E-state index contributed by atoms with van der Waals surface area (Å²) in [4.78, 5) is 26.4. The number of halogens is 1. The molecule has 2 aromatic rings. The van der Waals surface area contributed by atoms with Crippen LogP contribution < -0.4 is 5.32 Å². The van der Waals surface area contributed by atoms with Crippen molar-refractivity contribution >= 4 is 23.4 Å². The van der Waals surface area contributed by atoms with E-state index >= 15 is 0 Å². The Hall–Kier alpha value is -2.27. The van der Waals surface area contributed by atoms with Crippen LogP contribution in [-0.2, 0) is 4.79 Å². The Morgan fingerprint density at radius 2 is 2.07 bits per heavy atom. The van der Waals surface area contributed by atoms with Gasteiger partial charge in [0.05, 0.1) is 10.6 Å². The van der Waals surface area contributed by atoms with Gasteiger partial charge in [-0.15, -0.1) is 0 Å². The fourth-order valence-electron chi connectivity index (χ4n) is 3.74.